The number of aryl methyl sites for hydroxylation is 1. The Kier molecular flexibility index (Phi) is 3.83. The lowest BCUT2D eigenvalue weighted by molar-refractivity contribution is 0.0572. The largest absolute Gasteiger partial charge is 0.389 e. The third-order valence-corrected chi connectivity index (χ3v) is 5.17. The third kappa shape index (κ3) is 2.55. The highest BCUT2D eigenvalue weighted by atomic mass is 32.2. The number of aliphatic hydroxyl groups excluding tert-OH is 2. The number of hydrogen-bond donors (Lipinski definition) is 3. The number of rotatable bonds is 3. The number of hydrogen-bond acceptors (Lipinski definition) is 5. The van der Waals surface area contributed by atoms with E-state index in [0.29, 0.717) is 5.56 Å². The average Bonchev–Trinajstić information content (AvgIpc) is 2.70. The Labute approximate surface area is 116 Å². The molecule has 0 unspecified atom stereocenters. The predicted octanol–water partition coefficient (Wildman–Crippen LogP) is -1.18. The Morgan fingerprint density at radius 3 is 2.35 bits per heavy atom. The Morgan fingerprint density at radius 2 is 1.85 bits per heavy atom. The van der Waals surface area contributed by atoms with Gasteiger partial charge < -0.3 is 15.9 Å². The van der Waals surface area contributed by atoms with Crippen molar-refractivity contribution in [3.63, 3.8) is 0 Å². The molecule has 0 spiro atoms. The molecule has 1 heterocycles. The summed E-state index contributed by atoms with van der Waals surface area (Å²) in [7, 11) is -3.87. The zero-order chi connectivity index (χ0) is 15.1. The van der Waals surface area contributed by atoms with Crippen LogP contribution in [0.5, 0.6) is 0 Å². The zero-order valence-corrected chi connectivity index (χ0v) is 11.7. The molecule has 0 saturated carbocycles. The maximum absolute atomic E-state index is 12.4. The molecular weight excluding hydrogens is 284 g/mol. The second kappa shape index (κ2) is 5.13. The van der Waals surface area contributed by atoms with Crippen LogP contribution in [0.25, 0.3) is 0 Å². The van der Waals surface area contributed by atoms with Crippen LogP contribution in [0.2, 0.25) is 0 Å². The first-order valence-electron chi connectivity index (χ1n) is 6.00. The number of sulfonamides is 1. The first kappa shape index (κ1) is 14.9. The van der Waals surface area contributed by atoms with Crippen molar-refractivity contribution < 1.29 is 23.4 Å². The van der Waals surface area contributed by atoms with Crippen LogP contribution in [0.1, 0.15) is 15.9 Å². The van der Waals surface area contributed by atoms with Crippen LogP contribution < -0.4 is 5.73 Å². The SMILES string of the molecule is Cc1ccc(S(=O)(=O)N2C[C@@H](O)[C@@H](O)C2)cc1C(N)=O. The molecule has 7 nitrogen and oxygen atoms in total. The number of nitrogens with zero attached hydrogens (tertiary/aromatic N) is 1. The van der Waals surface area contributed by atoms with Crippen LogP contribution in [0.15, 0.2) is 23.1 Å². The van der Waals surface area contributed by atoms with Crippen molar-refractivity contribution >= 4 is 15.9 Å². The number of β-amino-alcohol motifs (C(OH)–C–C–N with tert-alkyl or cyclic N) is 2. The first-order valence-corrected chi connectivity index (χ1v) is 7.44. The van der Waals surface area contributed by atoms with E-state index in [9.17, 15) is 23.4 Å². The van der Waals surface area contributed by atoms with Crippen molar-refractivity contribution in [2.75, 3.05) is 13.1 Å². The van der Waals surface area contributed by atoms with Gasteiger partial charge in [0, 0.05) is 18.7 Å². The second-order valence-electron chi connectivity index (χ2n) is 4.80. The van der Waals surface area contributed by atoms with E-state index in [1.807, 2.05) is 0 Å². The zero-order valence-electron chi connectivity index (χ0n) is 10.9. The highest BCUT2D eigenvalue weighted by molar-refractivity contribution is 7.89. The van der Waals surface area contributed by atoms with Crippen molar-refractivity contribution in [3.05, 3.63) is 29.3 Å². The van der Waals surface area contributed by atoms with Crippen molar-refractivity contribution in [2.45, 2.75) is 24.0 Å². The van der Waals surface area contributed by atoms with Gasteiger partial charge in [-0.25, -0.2) is 8.42 Å². The Balaban J connectivity index is 2.40. The maximum atomic E-state index is 12.4. The number of amides is 1. The van der Waals surface area contributed by atoms with Crippen molar-refractivity contribution in [2.24, 2.45) is 5.73 Å². The van der Waals surface area contributed by atoms with Gasteiger partial charge in [0.15, 0.2) is 0 Å². The number of carbonyl (C=O) groups excluding carboxylic acids is 1. The van der Waals surface area contributed by atoms with Crippen LogP contribution >= 0.6 is 0 Å². The Morgan fingerprint density at radius 1 is 1.30 bits per heavy atom. The van der Waals surface area contributed by atoms with Gasteiger partial charge in [0.2, 0.25) is 15.9 Å². The summed E-state index contributed by atoms with van der Waals surface area (Å²) >= 11 is 0. The lowest BCUT2D eigenvalue weighted by atomic mass is 10.1. The van der Waals surface area contributed by atoms with Crippen LogP contribution in [0.3, 0.4) is 0 Å². The van der Waals surface area contributed by atoms with E-state index >= 15 is 0 Å². The number of benzene rings is 1. The molecule has 0 aliphatic carbocycles. The molecule has 0 aromatic heterocycles. The third-order valence-electron chi connectivity index (χ3n) is 3.34. The molecule has 1 saturated heterocycles. The molecule has 4 N–H and O–H groups in total. The van der Waals surface area contributed by atoms with Gasteiger partial charge in [0.05, 0.1) is 17.1 Å². The normalized spacial score (nSPS) is 23.9. The molecule has 2 atom stereocenters. The molecule has 8 heteroatoms. The van der Waals surface area contributed by atoms with E-state index in [0.717, 1.165) is 4.31 Å². The molecule has 1 aliphatic rings. The fourth-order valence-electron chi connectivity index (χ4n) is 2.11. The van der Waals surface area contributed by atoms with E-state index in [1.54, 1.807) is 6.92 Å². The summed E-state index contributed by atoms with van der Waals surface area (Å²) in [6.07, 6.45) is -2.21. The lowest BCUT2D eigenvalue weighted by Crippen LogP contribution is -2.30. The van der Waals surface area contributed by atoms with Gasteiger partial charge in [-0.15, -0.1) is 0 Å². The van der Waals surface area contributed by atoms with Gasteiger partial charge in [-0.1, -0.05) is 6.07 Å². The molecular formula is C12H16N2O5S. The number of carbonyl (C=O) groups is 1. The monoisotopic (exact) mass is 300 g/mol. The van der Waals surface area contributed by atoms with Crippen LogP contribution in [-0.2, 0) is 10.0 Å². The van der Waals surface area contributed by atoms with E-state index in [-0.39, 0.29) is 23.5 Å². The van der Waals surface area contributed by atoms with Gasteiger partial charge in [0.1, 0.15) is 0 Å². The summed E-state index contributed by atoms with van der Waals surface area (Å²) in [5.41, 5.74) is 5.91. The quantitative estimate of drug-likeness (QED) is 0.649. The van der Waals surface area contributed by atoms with E-state index in [1.165, 1.54) is 18.2 Å². The molecule has 0 radical (unpaired) electrons. The standard InChI is InChI=1S/C12H16N2O5S/c1-7-2-3-8(4-9(7)12(13)17)20(18,19)14-5-10(15)11(16)6-14/h2-4,10-11,15-16H,5-6H2,1H3,(H2,13,17)/t10-,11+. The topological polar surface area (TPSA) is 121 Å². The summed E-state index contributed by atoms with van der Waals surface area (Å²) in [4.78, 5) is 11.2. The molecule has 1 aromatic carbocycles. The second-order valence-corrected chi connectivity index (χ2v) is 6.74. The summed E-state index contributed by atoms with van der Waals surface area (Å²) in [6, 6.07) is 4.08. The molecule has 1 amide bonds. The van der Waals surface area contributed by atoms with E-state index < -0.39 is 28.1 Å². The number of aliphatic hydroxyl groups is 2. The van der Waals surface area contributed by atoms with Gasteiger partial charge in [-0.05, 0) is 24.6 Å². The molecule has 1 aromatic rings. The minimum absolute atomic E-state index is 0.0850. The fraction of sp³-hybridized carbons (Fsp3) is 0.417. The molecule has 110 valence electrons. The summed E-state index contributed by atoms with van der Waals surface area (Å²) in [5.74, 6) is -0.707. The predicted molar refractivity (Wildman–Crippen MR) is 70.5 cm³/mol. The van der Waals surface area contributed by atoms with Crippen LogP contribution in [-0.4, -0.2) is 54.1 Å². The van der Waals surface area contributed by atoms with Gasteiger partial charge >= 0.3 is 0 Å². The van der Waals surface area contributed by atoms with Gasteiger partial charge in [-0.2, -0.15) is 4.31 Å². The highest BCUT2D eigenvalue weighted by Crippen LogP contribution is 2.23. The molecule has 20 heavy (non-hydrogen) atoms. The maximum Gasteiger partial charge on any atom is 0.249 e. The summed E-state index contributed by atoms with van der Waals surface area (Å²) in [6.45, 7) is 1.30. The fourth-order valence-corrected chi connectivity index (χ4v) is 3.61. The molecule has 1 fully saturated rings. The first-order chi connectivity index (χ1) is 9.23. The molecule has 2 rings (SSSR count). The molecule has 0 bridgehead atoms. The van der Waals surface area contributed by atoms with Crippen molar-refractivity contribution in [1.82, 2.24) is 4.31 Å². The molecule has 1 aliphatic heterocycles. The Bertz CT molecular complexity index is 633. The minimum Gasteiger partial charge on any atom is -0.389 e. The summed E-state index contributed by atoms with van der Waals surface area (Å²) < 4.78 is 25.7. The van der Waals surface area contributed by atoms with Gasteiger partial charge in [-0.3, -0.25) is 4.79 Å². The number of primary amides is 1. The van der Waals surface area contributed by atoms with Gasteiger partial charge in [0.25, 0.3) is 0 Å². The summed E-state index contributed by atoms with van der Waals surface area (Å²) in [5, 5.41) is 18.9. The lowest BCUT2D eigenvalue weighted by Gasteiger charge is -2.16. The number of nitrogens with two attached hydrogens (primary N) is 1. The van der Waals surface area contributed by atoms with Crippen molar-refractivity contribution in [3.8, 4) is 0 Å². The van der Waals surface area contributed by atoms with Crippen molar-refractivity contribution in [1.29, 1.82) is 0 Å². The van der Waals surface area contributed by atoms with Crippen LogP contribution in [0.4, 0.5) is 0 Å². The highest BCUT2D eigenvalue weighted by Gasteiger charge is 2.37. The van der Waals surface area contributed by atoms with Crippen LogP contribution in [0, 0.1) is 6.92 Å². The van der Waals surface area contributed by atoms with E-state index in [4.69, 9.17) is 5.73 Å². The Hall–Kier alpha value is -1.48. The smallest absolute Gasteiger partial charge is 0.249 e. The minimum atomic E-state index is -3.87. The van der Waals surface area contributed by atoms with E-state index in [2.05, 4.69) is 0 Å². The average molecular weight is 300 g/mol.